The minimum Gasteiger partial charge on any atom is -0.495 e. The Labute approximate surface area is 340 Å². The summed E-state index contributed by atoms with van der Waals surface area (Å²) < 4.78 is 107. The minimum absolute atomic E-state index is 0.00181. The van der Waals surface area contributed by atoms with Gasteiger partial charge in [-0.15, -0.1) is 0 Å². The van der Waals surface area contributed by atoms with Crippen LogP contribution in [0.25, 0.3) is 22.9 Å². The van der Waals surface area contributed by atoms with Crippen LogP contribution in [0.3, 0.4) is 0 Å². The number of anilines is 4. The molecule has 0 saturated carbocycles. The van der Waals surface area contributed by atoms with Gasteiger partial charge in [0.25, 0.3) is 30.4 Å². The van der Waals surface area contributed by atoms with Gasteiger partial charge in [-0.25, -0.2) is 4.79 Å². The highest BCUT2D eigenvalue weighted by Crippen LogP contribution is 2.31. The van der Waals surface area contributed by atoms with Gasteiger partial charge >= 0.3 is 6.03 Å². The zero-order valence-electron chi connectivity index (χ0n) is 30.4. The van der Waals surface area contributed by atoms with Gasteiger partial charge in [-0.2, -0.15) is 35.5 Å². The summed E-state index contributed by atoms with van der Waals surface area (Å²) in [6.07, 6.45) is 1.99. The van der Waals surface area contributed by atoms with Crippen molar-refractivity contribution in [3.05, 3.63) is 129 Å². The number of hydrogen-bond acceptors (Lipinski definition) is 14. The van der Waals surface area contributed by atoms with Crippen LogP contribution in [0.4, 0.5) is 27.5 Å². The van der Waals surface area contributed by atoms with Crippen LogP contribution in [-0.2, 0) is 30.4 Å². The van der Waals surface area contributed by atoms with E-state index in [0.29, 0.717) is 22.2 Å². The summed E-state index contributed by atoms with van der Waals surface area (Å²) in [6, 6.07) is 21.8. The van der Waals surface area contributed by atoms with E-state index in [9.17, 15) is 53.3 Å². The second-order valence-corrected chi connectivity index (χ2v) is 17.1. The van der Waals surface area contributed by atoms with Crippen molar-refractivity contribution in [2.75, 3.05) is 28.6 Å². The molecule has 60 heavy (non-hydrogen) atoms. The number of ether oxygens (including phenoxy) is 1. The molecule has 306 valence electrons. The molecule has 0 fully saturated rings. The molecule has 5 aromatic carbocycles. The van der Waals surface area contributed by atoms with Gasteiger partial charge in [-0.1, -0.05) is 24.3 Å². The van der Waals surface area contributed by atoms with E-state index in [2.05, 4.69) is 31.7 Å². The third-order valence-corrected chi connectivity index (χ3v) is 11.5. The van der Waals surface area contributed by atoms with Crippen LogP contribution >= 0.6 is 0 Å². The Morgan fingerprint density at radius 2 is 1.08 bits per heavy atom. The molecule has 2 amide bonds. The Balaban J connectivity index is 1.09. The monoisotopic (exact) mass is 872 g/mol. The number of nitrogens with zero attached hydrogens (tertiary/aromatic N) is 2. The lowest BCUT2D eigenvalue weighted by Gasteiger charge is -2.18. The van der Waals surface area contributed by atoms with Gasteiger partial charge in [-0.3, -0.25) is 34.1 Å². The number of Topliss-reactive ketones (excluding diaryl/α,β-unsaturated/α-hetero) is 2. The van der Waals surface area contributed by atoms with Crippen LogP contribution in [0, 0.1) is 0 Å². The normalized spacial score (nSPS) is 15.5. The third kappa shape index (κ3) is 8.54. The van der Waals surface area contributed by atoms with Crippen molar-refractivity contribution >= 4 is 105 Å². The Bertz CT molecular complexity index is 3180. The van der Waals surface area contributed by atoms with Crippen molar-refractivity contribution in [3.63, 3.8) is 0 Å². The Hall–Kier alpha value is -7.08. The summed E-state index contributed by atoms with van der Waals surface area (Å²) in [5, 5.41) is 13.9. The number of ketones is 2. The quantitative estimate of drug-likeness (QED) is 0.0671. The van der Waals surface area contributed by atoms with Crippen LogP contribution in [-0.4, -0.2) is 75.0 Å². The number of methoxy groups -OCH3 is 1. The fraction of sp³-hybridized carbons (Fsp3) is 0.0263. The number of allylic oxidation sites excluding steroid dienone is 2. The molecule has 22 heteroatoms. The molecule has 0 saturated heterocycles. The van der Waals surface area contributed by atoms with Crippen LogP contribution in [0.15, 0.2) is 122 Å². The van der Waals surface area contributed by atoms with E-state index in [1.165, 1.54) is 79.9 Å². The Kier molecular flexibility index (Phi) is 10.7. The van der Waals surface area contributed by atoms with E-state index in [4.69, 9.17) is 4.74 Å². The Morgan fingerprint density at radius 3 is 1.62 bits per heavy atom. The Morgan fingerprint density at radius 1 is 0.583 bits per heavy atom. The van der Waals surface area contributed by atoms with Gasteiger partial charge in [-0.05, 0) is 107 Å². The van der Waals surface area contributed by atoms with Crippen molar-refractivity contribution in [2.45, 2.75) is 4.90 Å². The maximum atomic E-state index is 13.5. The molecule has 2 aliphatic rings. The standard InChI is InChI=1S/C38H28N6O13S3/c1-57-31-5-3-2-4-30(31)42-44-35-33(60(54,55)56)19-23-16-25(10-13-29(23)37(35)46)40-38(47)39-24-9-12-28-22(15-24)18-32(59(51,52)53)34(36(28)45)43-41-26-8-6-21-17-27(58(48,49)50)11-7-20(21)14-26/h2-19,41-42H,1H3,(H2,39,40,47)(H,48,49,50)(H,51,52,53)(H,54,55,56)/b43-34+,44-35+. The molecule has 0 unspecified atom stereocenters. The molecular formula is C38H28N6O13S3. The highest BCUT2D eigenvalue weighted by molar-refractivity contribution is 7.91. The molecule has 19 nitrogen and oxygen atoms in total. The van der Waals surface area contributed by atoms with Gasteiger partial charge in [0.05, 0.1) is 23.4 Å². The van der Waals surface area contributed by atoms with Gasteiger partial charge in [0.2, 0.25) is 11.6 Å². The number of fused-ring (bicyclic) bond motifs is 3. The molecule has 0 heterocycles. The highest BCUT2D eigenvalue weighted by atomic mass is 32.2. The predicted octanol–water partition coefficient (Wildman–Crippen LogP) is 5.53. The van der Waals surface area contributed by atoms with Crippen LogP contribution in [0.2, 0.25) is 0 Å². The van der Waals surface area contributed by atoms with E-state index < -0.39 is 69.2 Å². The molecule has 0 radical (unpaired) electrons. The summed E-state index contributed by atoms with van der Waals surface area (Å²) in [4.78, 5) is 38.0. The number of rotatable bonds is 10. The lowest BCUT2D eigenvalue weighted by atomic mass is 9.94. The van der Waals surface area contributed by atoms with E-state index >= 15 is 0 Å². The average molecular weight is 873 g/mol. The zero-order chi connectivity index (χ0) is 43.1. The van der Waals surface area contributed by atoms with E-state index in [-0.39, 0.29) is 44.2 Å². The average Bonchev–Trinajstić information content (AvgIpc) is 3.18. The smallest absolute Gasteiger partial charge is 0.323 e. The third-order valence-electron chi connectivity index (χ3n) is 8.94. The lowest BCUT2D eigenvalue weighted by molar-refractivity contribution is 0.105. The van der Waals surface area contributed by atoms with E-state index in [1.54, 1.807) is 24.3 Å². The van der Waals surface area contributed by atoms with Gasteiger partial charge < -0.3 is 15.4 Å². The van der Waals surface area contributed by atoms with Crippen molar-refractivity contribution < 1.29 is 58.0 Å². The molecule has 0 aliphatic heterocycles. The minimum atomic E-state index is -5.04. The molecule has 0 bridgehead atoms. The summed E-state index contributed by atoms with van der Waals surface area (Å²) in [6.45, 7) is 0. The van der Waals surface area contributed by atoms with E-state index in [0.717, 1.165) is 12.2 Å². The molecule has 0 atom stereocenters. The van der Waals surface area contributed by atoms with Gasteiger partial charge in [0.1, 0.15) is 15.6 Å². The summed E-state index contributed by atoms with van der Waals surface area (Å²) >= 11 is 0. The number of urea groups is 1. The molecular weight excluding hydrogens is 845 g/mol. The number of para-hydroxylation sites is 2. The molecule has 7 rings (SSSR count). The first-order valence-electron chi connectivity index (χ1n) is 17.0. The predicted molar refractivity (Wildman–Crippen MR) is 222 cm³/mol. The zero-order valence-corrected chi connectivity index (χ0v) is 32.9. The highest BCUT2D eigenvalue weighted by Gasteiger charge is 2.34. The second-order valence-electron chi connectivity index (χ2n) is 12.9. The topological polar surface area (TPSA) is 296 Å². The number of nitrogens with one attached hydrogen (secondary N) is 4. The summed E-state index contributed by atoms with van der Waals surface area (Å²) in [5.41, 5.74) is 4.59. The second kappa shape index (κ2) is 15.6. The van der Waals surface area contributed by atoms with Gasteiger partial charge in [0.15, 0.2) is 11.4 Å². The lowest BCUT2D eigenvalue weighted by Crippen LogP contribution is -2.27. The van der Waals surface area contributed by atoms with Crippen molar-refractivity contribution in [1.82, 2.24) is 0 Å². The largest absolute Gasteiger partial charge is 0.495 e. The maximum Gasteiger partial charge on any atom is 0.323 e. The number of hydrazone groups is 2. The van der Waals surface area contributed by atoms with Crippen molar-refractivity contribution in [1.29, 1.82) is 0 Å². The SMILES string of the molecule is COc1ccccc1N/N=C1/C(=O)c2ccc(NC(=O)Nc3ccc4c(c3)C=C(S(=O)(=O)O)/C(=N\Nc3ccc5cc(S(=O)(=O)O)ccc5c3)C4=O)cc2C=C1S(=O)(=O)O. The first kappa shape index (κ1) is 41.1. The number of carbonyl (C=O) groups is 3. The number of amides is 2. The molecule has 7 N–H and O–H groups in total. The fourth-order valence-corrected chi connectivity index (χ4v) is 7.99. The summed E-state index contributed by atoms with van der Waals surface area (Å²) in [5.74, 6) is -1.40. The maximum absolute atomic E-state index is 13.5. The number of carbonyl (C=O) groups excluding carboxylic acids is 3. The van der Waals surface area contributed by atoms with E-state index in [1.807, 2.05) is 0 Å². The number of benzene rings is 5. The fourth-order valence-electron chi connectivity index (χ4n) is 6.16. The first-order chi connectivity index (χ1) is 28.3. The molecule has 2 aliphatic carbocycles. The van der Waals surface area contributed by atoms with Crippen LogP contribution in [0.1, 0.15) is 31.8 Å². The molecule has 0 spiro atoms. The number of hydrogen-bond donors (Lipinski definition) is 7. The summed E-state index contributed by atoms with van der Waals surface area (Å²) in [7, 11) is -13.1. The van der Waals surface area contributed by atoms with Crippen molar-refractivity contribution in [2.24, 2.45) is 10.2 Å². The van der Waals surface area contributed by atoms with Gasteiger partial charge in [0, 0.05) is 22.5 Å². The molecule has 5 aromatic rings. The van der Waals surface area contributed by atoms with Crippen molar-refractivity contribution in [3.8, 4) is 5.75 Å². The van der Waals surface area contributed by atoms with Crippen LogP contribution < -0.4 is 26.2 Å². The molecule has 0 aromatic heterocycles. The van der Waals surface area contributed by atoms with Crippen LogP contribution in [0.5, 0.6) is 5.75 Å². The first-order valence-corrected chi connectivity index (χ1v) is 21.3.